The second-order valence-corrected chi connectivity index (χ2v) is 5.78. The molecule has 1 aliphatic heterocycles. The summed E-state index contributed by atoms with van der Waals surface area (Å²) in [6.45, 7) is 9.51. The number of fused-ring (bicyclic) bond motifs is 1. The normalized spacial score (nSPS) is 17.2. The maximum atomic E-state index is 5.51. The summed E-state index contributed by atoms with van der Waals surface area (Å²) in [4.78, 5) is 0. The lowest BCUT2D eigenvalue weighted by Gasteiger charge is -2.22. The van der Waals surface area contributed by atoms with Gasteiger partial charge in [0.25, 0.3) is 0 Å². The van der Waals surface area contributed by atoms with Crippen LogP contribution in [0.2, 0.25) is 0 Å². The van der Waals surface area contributed by atoms with Crippen LogP contribution in [0.1, 0.15) is 62.8 Å². The monoisotopic (exact) mass is 261 g/mol. The maximum Gasteiger partial charge on any atom is 0.0725 e. The van der Waals surface area contributed by atoms with Crippen LogP contribution in [0.15, 0.2) is 18.2 Å². The molecule has 0 aromatic heterocycles. The average Bonchev–Trinajstić information content (AvgIpc) is 2.90. The molecule has 0 spiro atoms. The largest absolute Gasteiger partial charge is 0.372 e. The van der Waals surface area contributed by atoms with Crippen LogP contribution in [0, 0.1) is 5.92 Å². The molecule has 0 saturated carbocycles. The summed E-state index contributed by atoms with van der Waals surface area (Å²) in [5, 5.41) is 3.70. The van der Waals surface area contributed by atoms with E-state index >= 15 is 0 Å². The van der Waals surface area contributed by atoms with Crippen LogP contribution < -0.4 is 5.32 Å². The van der Waals surface area contributed by atoms with Gasteiger partial charge in [-0.05, 0) is 42.0 Å². The predicted octanol–water partition coefficient (Wildman–Crippen LogP) is 4.19. The third-order valence-corrected chi connectivity index (χ3v) is 4.12. The molecule has 2 unspecified atom stereocenters. The van der Waals surface area contributed by atoms with Gasteiger partial charge in [0.1, 0.15) is 0 Å². The second kappa shape index (κ2) is 7.06. The minimum absolute atomic E-state index is 0.487. The Hall–Kier alpha value is -0.860. The molecule has 0 fully saturated rings. The van der Waals surface area contributed by atoms with E-state index in [4.69, 9.17) is 4.74 Å². The molecule has 0 bridgehead atoms. The van der Waals surface area contributed by atoms with Gasteiger partial charge in [0.2, 0.25) is 0 Å². The van der Waals surface area contributed by atoms with Gasteiger partial charge in [-0.3, -0.25) is 0 Å². The zero-order chi connectivity index (χ0) is 13.7. The van der Waals surface area contributed by atoms with Crippen LogP contribution in [0.3, 0.4) is 0 Å². The van der Waals surface area contributed by atoms with Crippen molar-refractivity contribution in [1.29, 1.82) is 0 Å². The lowest BCUT2D eigenvalue weighted by atomic mass is 9.92. The standard InChI is InChI=1S/C17H27NO/c1-4-8-18-17(9-13(3)5-2)14-6-7-15-11-19-12-16(15)10-14/h6-7,10,13,17-18H,4-5,8-9,11-12H2,1-3H3. The van der Waals surface area contributed by atoms with Crippen LogP contribution in [0.5, 0.6) is 0 Å². The van der Waals surface area contributed by atoms with Crippen molar-refractivity contribution in [2.24, 2.45) is 5.92 Å². The number of nitrogens with one attached hydrogen (secondary N) is 1. The topological polar surface area (TPSA) is 21.3 Å². The van der Waals surface area contributed by atoms with Crippen molar-refractivity contribution in [2.45, 2.75) is 59.3 Å². The minimum Gasteiger partial charge on any atom is -0.372 e. The number of hydrogen-bond donors (Lipinski definition) is 1. The summed E-state index contributed by atoms with van der Waals surface area (Å²) in [5.74, 6) is 0.763. The Balaban J connectivity index is 2.12. The Labute approximate surface area is 117 Å². The highest BCUT2D eigenvalue weighted by Gasteiger charge is 2.17. The Morgan fingerprint density at radius 1 is 1.21 bits per heavy atom. The lowest BCUT2D eigenvalue weighted by Crippen LogP contribution is -2.24. The molecule has 1 aromatic rings. The molecule has 0 amide bonds. The van der Waals surface area contributed by atoms with Crippen LogP contribution in [-0.4, -0.2) is 6.54 Å². The summed E-state index contributed by atoms with van der Waals surface area (Å²) >= 11 is 0. The molecule has 106 valence electrons. The maximum absolute atomic E-state index is 5.51. The van der Waals surface area contributed by atoms with Crippen molar-refractivity contribution in [1.82, 2.24) is 5.32 Å². The van der Waals surface area contributed by atoms with Crippen molar-refractivity contribution in [3.05, 3.63) is 34.9 Å². The van der Waals surface area contributed by atoms with Gasteiger partial charge in [0.05, 0.1) is 13.2 Å². The molecule has 0 saturated heterocycles. The Morgan fingerprint density at radius 3 is 2.74 bits per heavy atom. The Bertz CT molecular complexity index is 402. The van der Waals surface area contributed by atoms with E-state index in [-0.39, 0.29) is 0 Å². The van der Waals surface area contributed by atoms with Crippen molar-refractivity contribution in [3.8, 4) is 0 Å². The predicted molar refractivity (Wildman–Crippen MR) is 80.0 cm³/mol. The van der Waals surface area contributed by atoms with Crippen LogP contribution in [-0.2, 0) is 18.0 Å². The lowest BCUT2D eigenvalue weighted by molar-refractivity contribution is 0.134. The Morgan fingerprint density at radius 2 is 2.00 bits per heavy atom. The summed E-state index contributed by atoms with van der Waals surface area (Å²) in [6.07, 6.45) is 3.65. The third-order valence-electron chi connectivity index (χ3n) is 4.12. The first-order valence-corrected chi connectivity index (χ1v) is 7.67. The smallest absolute Gasteiger partial charge is 0.0725 e. The van der Waals surface area contributed by atoms with Crippen molar-refractivity contribution < 1.29 is 4.74 Å². The number of ether oxygens (including phenoxy) is 1. The van der Waals surface area contributed by atoms with Crippen LogP contribution in [0.4, 0.5) is 0 Å². The summed E-state index contributed by atoms with van der Waals surface area (Å²) < 4.78 is 5.51. The molecule has 2 heteroatoms. The molecule has 1 aromatic carbocycles. The van der Waals surface area contributed by atoms with Gasteiger partial charge in [0, 0.05) is 6.04 Å². The molecule has 1 heterocycles. The van der Waals surface area contributed by atoms with Gasteiger partial charge in [-0.25, -0.2) is 0 Å². The van der Waals surface area contributed by atoms with E-state index in [1.54, 1.807) is 0 Å². The first kappa shape index (κ1) is 14.5. The van der Waals surface area contributed by atoms with Gasteiger partial charge < -0.3 is 10.1 Å². The highest BCUT2D eigenvalue weighted by atomic mass is 16.5. The van der Waals surface area contributed by atoms with E-state index in [0.29, 0.717) is 6.04 Å². The van der Waals surface area contributed by atoms with E-state index < -0.39 is 0 Å². The number of benzene rings is 1. The quantitative estimate of drug-likeness (QED) is 0.794. The molecular formula is C17H27NO. The highest BCUT2D eigenvalue weighted by molar-refractivity contribution is 5.34. The van der Waals surface area contributed by atoms with Gasteiger partial charge >= 0.3 is 0 Å². The molecule has 1 N–H and O–H groups in total. The third kappa shape index (κ3) is 3.80. The zero-order valence-corrected chi connectivity index (χ0v) is 12.5. The van der Waals surface area contributed by atoms with Gasteiger partial charge in [-0.1, -0.05) is 45.4 Å². The fourth-order valence-corrected chi connectivity index (χ4v) is 2.63. The molecule has 2 rings (SSSR count). The fourth-order valence-electron chi connectivity index (χ4n) is 2.63. The average molecular weight is 261 g/mol. The van der Waals surface area contributed by atoms with Crippen molar-refractivity contribution in [3.63, 3.8) is 0 Å². The van der Waals surface area contributed by atoms with Gasteiger partial charge in [-0.2, -0.15) is 0 Å². The summed E-state index contributed by atoms with van der Waals surface area (Å²) in [6, 6.07) is 7.36. The molecule has 19 heavy (non-hydrogen) atoms. The van der Waals surface area contributed by atoms with Gasteiger partial charge in [0.15, 0.2) is 0 Å². The molecule has 2 atom stereocenters. The van der Waals surface area contributed by atoms with E-state index in [1.807, 2.05) is 0 Å². The summed E-state index contributed by atoms with van der Waals surface area (Å²) in [7, 11) is 0. The first-order valence-electron chi connectivity index (χ1n) is 7.67. The molecule has 1 aliphatic rings. The zero-order valence-electron chi connectivity index (χ0n) is 12.5. The van der Waals surface area contributed by atoms with Crippen molar-refractivity contribution in [2.75, 3.05) is 6.54 Å². The molecular weight excluding hydrogens is 234 g/mol. The second-order valence-electron chi connectivity index (χ2n) is 5.78. The molecule has 2 nitrogen and oxygen atoms in total. The highest BCUT2D eigenvalue weighted by Crippen LogP contribution is 2.28. The van der Waals surface area contributed by atoms with Crippen molar-refractivity contribution >= 4 is 0 Å². The van der Waals surface area contributed by atoms with Gasteiger partial charge in [-0.15, -0.1) is 0 Å². The van der Waals surface area contributed by atoms with E-state index in [9.17, 15) is 0 Å². The molecule has 0 radical (unpaired) electrons. The van der Waals surface area contributed by atoms with E-state index in [1.165, 1.54) is 36.0 Å². The fraction of sp³-hybridized carbons (Fsp3) is 0.647. The summed E-state index contributed by atoms with van der Waals surface area (Å²) in [5.41, 5.74) is 4.17. The Kier molecular flexibility index (Phi) is 5.41. The minimum atomic E-state index is 0.487. The first-order chi connectivity index (χ1) is 9.24. The number of hydrogen-bond acceptors (Lipinski definition) is 2. The van der Waals surface area contributed by atoms with E-state index in [0.717, 1.165) is 25.7 Å². The van der Waals surface area contributed by atoms with E-state index in [2.05, 4.69) is 44.3 Å². The van der Waals surface area contributed by atoms with Crippen LogP contribution in [0.25, 0.3) is 0 Å². The number of rotatable bonds is 7. The molecule has 0 aliphatic carbocycles. The van der Waals surface area contributed by atoms with Crippen LogP contribution >= 0.6 is 0 Å². The SMILES string of the molecule is CCCNC(CC(C)CC)c1ccc2c(c1)COC2.